The van der Waals surface area contributed by atoms with Crippen LogP contribution in [-0.2, 0) is 0 Å². The number of benzene rings is 2. The number of aliphatic hydroxyl groups is 1. The smallest absolute Gasteiger partial charge is 0.126 e. The molecule has 2 aromatic carbocycles. The minimum Gasteiger partial charge on any atom is -0.496 e. The highest BCUT2D eigenvalue weighted by atomic mass is 35.5. The monoisotopic (exact) mass is 296 g/mol. The largest absolute Gasteiger partial charge is 0.496 e. The Labute approximate surface area is 121 Å². The summed E-state index contributed by atoms with van der Waals surface area (Å²) in [5.74, 6) is 0.375. The fourth-order valence-corrected chi connectivity index (χ4v) is 2.16. The van der Waals surface area contributed by atoms with Crippen LogP contribution in [0.2, 0.25) is 5.02 Å². The van der Waals surface area contributed by atoms with Crippen LogP contribution in [0.3, 0.4) is 0 Å². The van der Waals surface area contributed by atoms with E-state index in [9.17, 15) is 9.50 Å². The number of halogens is 2. The summed E-state index contributed by atoms with van der Waals surface area (Å²) in [6.45, 7) is 0. The van der Waals surface area contributed by atoms with Crippen molar-refractivity contribution in [2.75, 3.05) is 14.2 Å². The molecule has 0 radical (unpaired) electrons. The van der Waals surface area contributed by atoms with E-state index in [0.29, 0.717) is 27.6 Å². The van der Waals surface area contributed by atoms with Gasteiger partial charge in [0.15, 0.2) is 0 Å². The topological polar surface area (TPSA) is 38.7 Å². The third kappa shape index (κ3) is 2.86. The highest BCUT2D eigenvalue weighted by Crippen LogP contribution is 2.36. The second-order valence-corrected chi connectivity index (χ2v) is 4.61. The lowest BCUT2D eigenvalue weighted by Gasteiger charge is -2.18. The summed E-state index contributed by atoms with van der Waals surface area (Å²) in [6, 6.07) is 8.83. The van der Waals surface area contributed by atoms with Crippen molar-refractivity contribution in [3.05, 3.63) is 58.4 Å². The van der Waals surface area contributed by atoms with Gasteiger partial charge in [0.05, 0.1) is 14.2 Å². The number of methoxy groups -OCH3 is 2. The summed E-state index contributed by atoms with van der Waals surface area (Å²) in [7, 11) is 2.94. The Kier molecular flexibility index (Phi) is 4.47. The van der Waals surface area contributed by atoms with E-state index >= 15 is 0 Å². The number of hydrogen-bond acceptors (Lipinski definition) is 3. The zero-order valence-electron chi connectivity index (χ0n) is 11.1. The van der Waals surface area contributed by atoms with Crippen molar-refractivity contribution in [3.8, 4) is 11.5 Å². The third-order valence-corrected chi connectivity index (χ3v) is 3.21. The molecule has 20 heavy (non-hydrogen) atoms. The van der Waals surface area contributed by atoms with Gasteiger partial charge in [0, 0.05) is 16.1 Å². The Morgan fingerprint density at radius 2 is 1.70 bits per heavy atom. The molecule has 0 bridgehead atoms. The van der Waals surface area contributed by atoms with E-state index in [4.69, 9.17) is 21.1 Å². The molecule has 2 aromatic rings. The van der Waals surface area contributed by atoms with Crippen LogP contribution in [0.5, 0.6) is 11.5 Å². The molecule has 0 aromatic heterocycles. The van der Waals surface area contributed by atoms with Gasteiger partial charge in [-0.25, -0.2) is 4.39 Å². The van der Waals surface area contributed by atoms with Gasteiger partial charge in [-0.3, -0.25) is 0 Å². The van der Waals surface area contributed by atoms with Crippen LogP contribution in [0.25, 0.3) is 0 Å². The van der Waals surface area contributed by atoms with Gasteiger partial charge >= 0.3 is 0 Å². The fraction of sp³-hybridized carbons (Fsp3) is 0.200. The molecular weight excluding hydrogens is 283 g/mol. The van der Waals surface area contributed by atoms with Crippen molar-refractivity contribution >= 4 is 11.6 Å². The predicted molar refractivity (Wildman–Crippen MR) is 75.0 cm³/mol. The number of ether oxygens (including phenoxy) is 2. The van der Waals surface area contributed by atoms with Crippen LogP contribution < -0.4 is 9.47 Å². The van der Waals surface area contributed by atoms with Crippen molar-refractivity contribution in [1.29, 1.82) is 0 Å². The van der Waals surface area contributed by atoms with Gasteiger partial charge in [0.1, 0.15) is 23.4 Å². The van der Waals surface area contributed by atoms with Crippen molar-refractivity contribution in [3.63, 3.8) is 0 Å². The third-order valence-electron chi connectivity index (χ3n) is 2.98. The lowest BCUT2D eigenvalue weighted by atomic mass is 9.99. The Bertz CT molecular complexity index is 616. The van der Waals surface area contributed by atoms with Crippen LogP contribution in [-0.4, -0.2) is 19.3 Å². The molecule has 0 amide bonds. The zero-order chi connectivity index (χ0) is 14.7. The molecule has 0 saturated heterocycles. The Morgan fingerprint density at radius 1 is 1.00 bits per heavy atom. The Morgan fingerprint density at radius 3 is 2.35 bits per heavy atom. The first-order valence-corrected chi connectivity index (χ1v) is 6.29. The lowest BCUT2D eigenvalue weighted by molar-refractivity contribution is 0.209. The van der Waals surface area contributed by atoms with Crippen molar-refractivity contribution in [2.24, 2.45) is 0 Å². The van der Waals surface area contributed by atoms with Gasteiger partial charge in [-0.1, -0.05) is 17.7 Å². The molecule has 0 spiro atoms. The van der Waals surface area contributed by atoms with E-state index in [-0.39, 0.29) is 0 Å². The molecule has 0 saturated carbocycles. The maximum Gasteiger partial charge on any atom is 0.126 e. The molecule has 1 atom stereocenters. The van der Waals surface area contributed by atoms with E-state index < -0.39 is 11.9 Å². The van der Waals surface area contributed by atoms with Gasteiger partial charge in [-0.15, -0.1) is 0 Å². The maximum absolute atomic E-state index is 13.4. The van der Waals surface area contributed by atoms with E-state index in [1.54, 1.807) is 18.2 Å². The molecule has 0 heterocycles. The normalized spacial score (nSPS) is 12.1. The standard InChI is InChI=1S/C15H14ClFO3/c1-19-13-6-4-10(17)8-12(13)15(18)11-5-3-9(16)7-14(11)20-2/h3-8,15,18H,1-2H3. The molecule has 0 aliphatic heterocycles. The summed E-state index contributed by atoms with van der Waals surface area (Å²) in [6.07, 6.45) is -1.08. The average Bonchev–Trinajstić information content (AvgIpc) is 2.46. The first kappa shape index (κ1) is 14.6. The predicted octanol–water partition coefficient (Wildman–Crippen LogP) is 3.58. The molecule has 1 N–H and O–H groups in total. The molecule has 1 unspecified atom stereocenters. The van der Waals surface area contributed by atoms with Gasteiger partial charge < -0.3 is 14.6 Å². The molecule has 0 aliphatic rings. The van der Waals surface area contributed by atoms with E-state index in [1.807, 2.05) is 0 Å². The van der Waals surface area contributed by atoms with Crippen LogP contribution >= 0.6 is 11.6 Å². The minimum absolute atomic E-state index is 0.327. The van der Waals surface area contributed by atoms with E-state index in [0.717, 1.165) is 0 Å². The van der Waals surface area contributed by atoms with Gasteiger partial charge in [0.25, 0.3) is 0 Å². The quantitative estimate of drug-likeness (QED) is 0.937. The first-order chi connectivity index (χ1) is 9.56. The molecule has 0 fully saturated rings. The van der Waals surface area contributed by atoms with Crippen LogP contribution in [0, 0.1) is 5.82 Å². The van der Waals surface area contributed by atoms with Crippen LogP contribution in [0.4, 0.5) is 4.39 Å². The zero-order valence-corrected chi connectivity index (χ0v) is 11.8. The minimum atomic E-state index is -1.08. The van der Waals surface area contributed by atoms with E-state index in [1.165, 1.54) is 32.4 Å². The molecular formula is C15H14ClFO3. The molecule has 106 valence electrons. The van der Waals surface area contributed by atoms with Gasteiger partial charge in [-0.2, -0.15) is 0 Å². The fourth-order valence-electron chi connectivity index (χ4n) is 2.00. The first-order valence-electron chi connectivity index (χ1n) is 5.91. The molecule has 5 heteroatoms. The Hall–Kier alpha value is -1.78. The SMILES string of the molecule is COc1cc(Cl)ccc1C(O)c1cc(F)ccc1OC. The number of hydrogen-bond donors (Lipinski definition) is 1. The average molecular weight is 297 g/mol. The number of rotatable bonds is 4. The molecule has 2 rings (SSSR count). The molecule has 0 aliphatic carbocycles. The molecule has 3 nitrogen and oxygen atoms in total. The van der Waals surface area contributed by atoms with Gasteiger partial charge in [-0.05, 0) is 30.3 Å². The van der Waals surface area contributed by atoms with Gasteiger partial charge in [0.2, 0.25) is 0 Å². The Balaban J connectivity index is 2.51. The summed E-state index contributed by atoms with van der Waals surface area (Å²) in [5.41, 5.74) is 0.814. The second-order valence-electron chi connectivity index (χ2n) is 4.18. The second kappa shape index (κ2) is 6.11. The van der Waals surface area contributed by atoms with Crippen LogP contribution in [0.15, 0.2) is 36.4 Å². The van der Waals surface area contributed by atoms with Crippen LogP contribution in [0.1, 0.15) is 17.2 Å². The highest BCUT2D eigenvalue weighted by Gasteiger charge is 2.20. The van der Waals surface area contributed by atoms with Crippen molar-refractivity contribution in [2.45, 2.75) is 6.10 Å². The summed E-state index contributed by atoms with van der Waals surface area (Å²) >= 11 is 5.88. The van der Waals surface area contributed by atoms with E-state index in [2.05, 4.69) is 0 Å². The summed E-state index contributed by atoms with van der Waals surface area (Å²) < 4.78 is 23.7. The maximum atomic E-state index is 13.4. The number of aliphatic hydroxyl groups excluding tert-OH is 1. The lowest BCUT2D eigenvalue weighted by Crippen LogP contribution is -2.05. The van der Waals surface area contributed by atoms with Crippen molar-refractivity contribution in [1.82, 2.24) is 0 Å². The summed E-state index contributed by atoms with van der Waals surface area (Å²) in [4.78, 5) is 0. The van der Waals surface area contributed by atoms with Crippen molar-refractivity contribution < 1.29 is 19.0 Å². The highest BCUT2D eigenvalue weighted by molar-refractivity contribution is 6.30. The summed E-state index contributed by atoms with van der Waals surface area (Å²) in [5, 5.41) is 11.0.